The fraction of sp³-hybridized carbons (Fsp3) is 0.375. The summed E-state index contributed by atoms with van der Waals surface area (Å²) in [6, 6.07) is 5.02. The van der Waals surface area contributed by atoms with Gasteiger partial charge in [-0.15, -0.1) is 5.10 Å². The second-order valence-electron chi connectivity index (χ2n) is 5.28. The van der Waals surface area contributed by atoms with Crippen molar-refractivity contribution in [2.45, 2.75) is 19.4 Å². The monoisotopic (exact) mass is 409 g/mol. The summed E-state index contributed by atoms with van der Waals surface area (Å²) in [6.07, 6.45) is 1.63. The molecule has 0 amide bonds. The highest BCUT2D eigenvalue weighted by Crippen LogP contribution is 2.31. The van der Waals surface area contributed by atoms with E-state index >= 15 is 0 Å². The van der Waals surface area contributed by atoms with Gasteiger partial charge in [-0.25, -0.2) is 9.67 Å². The molecule has 0 fully saturated rings. The molecular formula is C16H16BrN3O5. The lowest BCUT2D eigenvalue weighted by Crippen LogP contribution is -2.16. The zero-order valence-corrected chi connectivity index (χ0v) is 14.9. The molecule has 0 saturated heterocycles. The first-order chi connectivity index (χ1) is 12.1. The zero-order chi connectivity index (χ0) is 17.6. The zero-order valence-electron chi connectivity index (χ0n) is 13.3. The minimum Gasteiger partial charge on any atom is -0.486 e. The molecule has 1 aliphatic heterocycles. The van der Waals surface area contributed by atoms with E-state index in [4.69, 9.17) is 14.2 Å². The Kier molecular flexibility index (Phi) is 5.64. The van der Waals surface area contributed by atoms with Crippen LogP contribution in [0.2, 0.25) is 0 Å². The lowest BCUT2D eigenvalue weighted by Gasteiger charge is -2.18. The van der Waals surface area contributed by atoms with E-state index < -0.39 is 5.97 Å². The number of halogens is 1. The minimum atomic E-state index is -0.426. The Balaban J connectivity index is 1.43. The summed E-state index contributed by atoms with van der Waals surface area (Å²) >= 11 is 3.13. The molecule has 0 spiro atoms. The Hall–Kier alpha value is -2.42. The van der Waals surface area contributed by atoms with E-state index in [0.29, 0.717) is 41.6 Å². The Morgan fingerprint density at radius 1 is 1.20 bits per heavy atom. The van der Waals surface area contributed by atoms with Crippen molar-refractivity contribution in [3.05, 3.63) is 34.8 Å². The molecule has 8 nitrogen and oxygen atoms in total. The number of hydrogen-bond acceptors (Lipinski definition) is 7. The van der Waals surface area contributed by atoms with E-state index in [2.05, 4.69) is 26.0 Å². The Morgan fingerprint density at radius 3 is 2.76 bits per heavy atom. The highest BCUT2D eigenvalue weighted by atomic mass is 79.9. The third kappa shape index (κ3) is 4.79. The maximum atomic E-state index is 12.2. The summed E-state index contributed by atoms with van der Waals surface area (Å²) in [5.41, 5.74) is 0.490. The number of aromatic nitrogens is 3. The van der Waals surface area contributed by atoms with Crippen molar-refractivity contribution in [1.29, 1.82) is 0 Å². The number of nitrogens with zero attached hydrogens (tertiary/aromatic N) is 3. The van der Waals surface area contributed by atoms with Gasteiger partial charge >= 0.3 is 5.97 Å². The van der Waals surface area contributed by atoms with Crippen molar-refractivity contribution < 1.29 is 23.8 Å². The van der Waals surface area contributed by atoms with Crippen molar-refractivity contribution >= 4 is 27.7 Å². The maximum absolute atomic E-state index is 12.2. The molecule has 0 aliphatic carbocycles. The van der Waals surface area contributed by atoms with Crippen LogP contribution in [0.25, 0.3) is 0 Å². The van der Waals surface area contributed by atoms with Crippen molar-refractivity contribution in [3.8, 4) is 11.5 Å². The van der Waals surface area contributed by atoms with Crippen LogP contribution in [-0.4, -0.2) is 46.3 Å². The van der Waals surface area contributed by atoms with Gasteiger partial charge in [0.25, 0.3) is 0 Å². The predicted octanol–water partition coefficient (Wildman–Crippen LogP) is 2.02. The number of Topliss-reactive ketones (excluding diaryl/α,β-unsaturated/α-hetero) is 1. The summed E-state index contributed by atoms with van der Waals surface area (Å²) in [7, 11) is 0. The number of ketones is 1. The third-order valence-corrected chi connectivity index (χ3v) is 3.88. The van der Waals surface area contributed by atoms with E-state index in [0.717, 1.165) is 0 Å². The molecule has 3 rings (SSSR count). The Labute approximate surface area is 152 Å². The van der Waals surface area contributed by atoms with Crippen LogP contribution < -0.4 is 9.47 Å². The summed E-state index contributed by atoms with van der Waals surface area (Å²) in [4.78, 5) is 27.8. The van der Waals surface area contributed by atoms with Crippen molar-refractivity contribution in [2.75, 3.05) is 19.8 Å². The SMILES string of the molecule is O=C(CCC(=O)c1ccc2c(c1)OCCO2)OCCn1cnc(Br)n1. The molecule has 0 radical (unpaired) electrons. The Morgan fingerprint density at radius 2 is 2.00 bits per heavy atom. The molecule has 0 N–H and O–H groups in total. The third-order valence-electron chi connectivity index (χ3n) is 3.51. The smallest absolute Gasteiger partial charge is 0.306 e. The molecule has 0 saturated carbocycles. The molecule has 1 aromatic carbocycles. The lowest BCUT2D eigenvalue weighted by atomic mass is 10.1. The first-order valence-electron chi connectivity index (χ1n) is 7.75. The fourth-order valence-electron chi connectivity index (χ4n) is 2.28. The normalized spacial score (nSPS) is 12.7. The Bertz CT molecular complexity index is 777. The average Bonchev–Trinajstić information content (AvgIpc) is 3.04. The van der Waals surface area contributed by atoms with Gasteiger partial charge in [-0.1, -0.05) is 0 Å². The molecule has 2 heterocycles. The van der Waals surface area contributed by atoms with Gasteiger partial charge < -0.3 is 14.2 Å². The van der Waals surface area contributed by atoms with Gasteiger partial charge in [-0.2, -0.15) is 0 Å². The average molecular weight is 410 g/mol. The van der Waals surface area contributed by atoms with E-state index in [-0.39, 0.29) is 25.2 Å². The van der Waals surface area contributed by atoms with Gasteiger partial charge in [0, 0.05) is 12.0 Å². The van der Waals surface area contributed by atoms with Crippen LogP contribution >= 0.6 is 15.9 Å². The van der Waals surface area contributed by atoms with Gasteiger partial charge in [0.15, 0.2) is 17.3 Å². The van der Waals surface area contributed by atoms with Gasteiger partial charge in [0.2, 0.25) is 4.73 Å². The summed E-state index contributed by atoms with van der Waals surface area (Å²) in [5.74, 6) is 0.611. The first-order valence-corrected chi connectivity index (χ1v) is 8.54. The quantitative estimate of drug-likeness (QED) is 0.509. The summed E-state index contributed by atoms with van der Waals surface area (Å²) in [5, 5.41) is 4.01. The minimum absolute atomic E-state index is 0.0221. The molecule has 132 valence electrons. The van der Waals surface area contributed by atoms with Crippen LogP contribution in [0.15, 0.2) is 29.3 Å². The second-order valence-corrected chi connectivity index (χ2v) is 5.99. The molecule has 2 aromatic rings. The van der Waals surface area contributed by atoms with Crippen LogP contribution in [0.1, 0.15) is 23.2 Å². The van der Waals surface area contributed by atoms with E-state index in [1.165, 1.54) is 6.33 Å². The van der Waals surface area contributed by atoms with Gasteiger partial charge in [0.05, 0.1) is 13.0 Å². The first kappa shape index (κ1) is 17.4. The fourth-order valence-corrected chi connectivity index (χ4v) is 2.58. The molecule has 0 atom stereocenters. The van der Waals surface area contributed by atoms with Crippen LogP contribution in [-0.2, 0) is 16.1 Å². The number of fused-ring (bicyclic) bond motifs is 1. The molecule has 0 unspecified atom stereocenters. The lowest BCUT2D eigenvalue weighted by molar-refractivity contribution is -0.143. The molecule has 1 aliphatic rings. The van der Waals surface area contributed by atoms with Crippen LogP contribution in [0.5, 0.6) is 11.5 Å². The molecular weight excluding hydrogens is 394 g/mol. The standard InChI is InChI=1S/C16H16BrN3O5/c17-16-18-10-20(19-16)5-6-25-15(22)4-2-12(21)11-1-3-13-14(9-11)24-8-7-23-13/h1,3,9-10H,2,4-8H2. The number of carbonyl (C=O) groups excluding carboxylic acids is 2. The van der Waals surface area contributed by atoms with E-state index in [1.807, 2.05) is 0 Å². The van der Waals surface area contributed by atoms with Gasteiger partial charge in [0.1, 0.15) is 26.1 Å². The molecule has 9 heteroatoms. The summed E-state index contributed by atoms with van der Waals surface area (Å²) in [6.45, 7) is 1.53. The molecule has 1 aromatic heterocycles. The van der Waals surface area contributed by atoms with Crippen LogP contribution in [0, 0.1) is 0 Å². The summed E-state index contributed by atoms with van der Waals surface area (Å²) < 4.78 is 18.0. The number of benzene rings is 1. The van der Waals surface area contributed by atoms with Crippen molar-refractivity contribution in [2.24, 2.45) is 0 Å². The number of ether oxygens (including phenoxy) is 3. The topological polar surface area (TPSA) is 92.5 Å². The van der Waals surface area contributed by atoms with Gasteiger partial charge in [-0.05, 0) is 34.1 Å². The largest absolute Gasteiger partial charge is 0.486 e. The van der Waals surface area contributed by atoms with Crippen molar-refractivity contribution in [3.63, 3.8) is 0 Å². The van der Waals surface area contributed by atoms with Crippen LogP contribution in [0.4, 0.5) is 0 Å². The van der Waals surface area contributed by atoms with Gasteiger partial charge in [-0.3, -0.25) is 9.59 Å². The highest BCUT2D eigenvalue weighted by molar-refractivity contribution is 9.10. The van der Waals surface area contributed by atoms with Crippen molar-refractivity contribution in [1.82, 2.24) is 14.8 Å². The second kappa shape index (κ2) is 8.11. The maximum Gasteiger partial charge on any atom is 0.306 e. The van der Waals surface area contributed by atoms with E-state index in [9.17, 15) is 9.59 Å². The molecule has 25 heavy (non-hydrogen) atoms. The molecule has 0 bridgehead atoms. The number of carbonyl (C=O) groups is 2. The van der Waals surface area contributed by atoms with Crippen LogP contribution in [0.3, 0.4) is 0 Å². The predicted molar refractivity (Wildman–Crippen MR) is 89.7 cm³/mol. The van der Waals surface area contributed by atoms with E-state index in [1.54, 1.807) is 22.9 Å². The number of esters is 1. The highest BCUT2D eigenvalue weighted by Gasteiger charge is 2.16. The number of rotatable bonds is 7. The number of hydrogen-bond donors (Lipinski definition) is 0.